The Morgan fingerprint density at radius 3 is 2.89 bits per heavy atom. The molecule has 4 heteroatoms. The van der Waals surface area contributed by atoms with Crippen molar-refractivity contribution in [3.63, 3.8) is 0 Å². The van der Waals surface area contributed by atoms with Gasteiger partial charge in [-0.05, 0) is 13.3 Å². The lowest BCUT2D eigenvalue weighted by Gasteiger charge is -2.24. The van der Waals surface area contributed by atoms with E-state index < -0.39 is 11.3 Å². The van der Waals surface area contributed by atoms with Crippen LogP contribution in [0.15, 0.2) is 0 Å². The molecule has 0 bridgehead atoms. The van der Waals surface area contributed by atoms with E-state index >= 15 is 0 Å². The molecule has 1 unspecified atom stereocenters. The van der Waals surface area contributed by atoms with Crippen molar-refractivity contribution in [2.75, 3.05) is 13.6 Å². The molecule has 0 N–H and O–H groups in total. The summed E-state index contributed by atoms with van der Waals surface area (Å²) in [5.41, 5.74) is 0. The molecule has 1 aliphatic rings. The predicted molar refractivity (Wildman–Crippen MR) is 35.9 cm³/mol. The summed E-state index contributed by atoms with van der Waals surface area (Å²) in [7, 11) is 1.79. The Morgan fingerprint density at radius 2 is 2.44 bits per heavy atom. The van der Waals surface area contributed by atoms with Gasteiger partial charge < -0.3 is 0 Å². The highest BCUT2D eigenvalue weighted by Crippen LogP contribution is 2.10. The Labute approximate surface area is 57.8 Å². The summed E-state index contributed by atoms with van der Waals surface area (Å²) in [6.07, 6.45) is 1.13. The van der Waals surface area contributed by atoms with Gasteiger partial charge in [-0.3, -0.25) is 4.18 Å². The highest BCUT2D eigenvalue weighted by Gasteiger charge is 2.19. The molecule has 0 aliphatic carbocycles. The third kappa shape index (κ3) is 1.74. The largest absolute Gasteiger partial charge is 0.275 e. The predicted octanol–water partition coefficient (Wildman–Crippen LogP) is 0.306. The Hall–Kier alpha value is 0.0700. The molecule has 54 valence electrons. The van der Waals surface area contributed by atoms with Crippen LogP contribution in [0, 0.1) is 0 Å². The lowest BCUT2D eigenvalue weighted by atomic mass is 10.3. The third-order valence-corrected chi connectivity index (χ3v) is 2.54. The minimum atomic E-state index is -1.18. The van der Waals surface area contributed by atoms with Crippen molar-refractivity contribution in [3.05, 3.63) is 0 Å². The van der Waals surface area contributed by atoms with Crippen LogP contribution >= 0.6 is 0 Å². The molecule has 0 amide bonds. The zero-order valence-electron chi connectivity index (χ0n) is 5.66. The van der Waals surface area contributed by atoms with E-state index in [1.54, 1.807) is 11.4 Å². The van der Waals surface area contributed by atoms with Gasteiger partial charge in [-0.15, -0.1) is 0 Å². The van der Waals surface area contributed by atoms with Crippen LogP contribution in [0.5, 0.6) is 0 Å². The summed E-state index contributed by atoms with van der Waals surface area (Å²) < 4.78 is 17.5. The van der Waals surface area contributed by atoms with Crippen molar-refractivity contribution in [1.29, 1.82) is 0 Å². The maximum atomic E-state index is 10.8. The molecule has 0 saturated carbocycles. The summed E-state index contributed by atoms with van der Waals surface area (Å²) in [5, 5.41) is 0. The van der Waals surface area contributed by atoms with E-state index in [4.69, 9.17) is 4.18 Å². The zero-order valence-corrected chi connectivity index (χ0v) is 6.48. The maximum Gasteiger partial charge on any atom is 0.237 e. The molecule has 0 aromatic rings. The first kappa shape index (κ1) is 7.18. The van der Waals surface area contributed by atoms with Crippen LogP contribution in [0.25, 0.3) is 0 Å². The average Bonchev–Trinajstić information content (AvgIpc) is 1.80. The van der Waals surface area contributed by atoms with E-state index in [1.807, 2.05) is 6.92 Å². The van der Waals surface area contributed by atoms with Crippen molar-refractivity contribution in [2.45, 2.75) is 19.4 Å². The second kappa shape index (κ2) is 2.77. The van der Waals surface area contributed by atoms with Gasteiger partial charge in [0.25, 0.3) is 0 Å². The fraction of sp³-hybridized carbons (Fsp3) is 1.00. The number of rotatable bonds is 0. The molecule has 0 aromatic carbocycles. The molecule has 1 heterocycles. The zero-order chi connectivity index (χ0) is 6.85. The Bertz CT molecular complexity index is 128. The molecule has 1 aliphatic heterocycles. The second-order valence-electron chi connectivity index (χ2n) is 2.26. The van der Waals surface area contributed by atoms with Gasteiger partial charge >= 0.3 is 0 Å². The molecule has 3 nitrogen and oxygen atoms in total. The average molecular weight is 149 g/mol. The second-order valence-corrected chi connectivity index (χ2v) is 3.51. The molecule has 0 spiro atoms. The molecular weight excluding hydrogens is 138 g/mol. The summed E-state index contributed by atoms with van der Waals surface area (Å²) in [6.45, 7) is 2.80. The van der Waals surface area contributed by atoms with Crippen molar-refractivity contribution in [1.82, 2.24) is 4.31 Å². The quantitative estimate of drug-likeness (QED) is 0.496. The molecule has 1 fully saturated rings. The molecular formula is C5H11NO2S. The molecule has 9 heavy (non-hydrogen) atoms. The van der Waals surface area contributed by atoms with Crippen LogP contribution < -0.4 is 0 Å². The van der Waals surface area contributed by atoms with Crippen LogP contribution in [0.2, 0.25) is 0 Å². The van der Waals surface area contributed by atoms with Gasteiger partial charge in [0.2, 0.25) is 11.3 Å². The number of nitrogens with zero attached hydrogens (tertiary/aromatic N) is 1. The molecule has 0 aromatic heterocycles. The summed E-state index contributed by atoms with van der Waals surface area (Å²) in [5.74, 6) is 0. The first-order valence-electron chi connectivity index (χ1n) is 3.00. The Balaban J connectivity index is 2.44. The summed E-state index contributed by atoms with van der Waals surface area (Å²) >= 11 is -1.18. The Morgan fingerprint density at radius 1 is 1.78 bits per heavy atom. The van der Waals surface area contributed by atoms with Gasteiger partial charge in [0.15, 0.2) is 0 Å². The van der Waals surface area contributed by atoms with Crippen LogP contribution in [-0.4, -0.2) is 28.2 Å². The topological polar surface area (TPSA) is 29.5 Å². The van der Waals surface area contributed by atoms with E-state index in [-0.39, 0.29) is 6.10 Å². The van der Waals surface area contributed by atoms with Gasteiger partial charge in [-0.1, -0.05) is 0 Å². The first-order valence-corrected chi connectivity index (χ1v) is 4.03. The van der Waals surface area contributed by atoms with E-state index in [2.05, 4.69) is 0 Å². The highest BCUT2D eigenvalue weighted by molar-refractivity contribution is 7.77. The number of hydrogen-bond donors (Lipinski definition) is 0. The van der Waals surface area contributed by atoms with E-state index in [0.717, 1.165) is 13.0 Å². The Kier molecular flexibility index (Phi) is 2.21. The van der Waals surface area contributed by atoms with Gasteiger partial charge in [-0.2, -0.15) is 0 Å². The van der Waals surface area contributed by atoms with Crippen molar-refractivity contribution in [3.8, 4) is 0 Å². The van der Waals surface area contributed by atoms with Crippen LogP contribution in [0.4, 0.5) is 0 Å². The monoisotopic (exact) mass is 149 g/mol. The minimum Gasteiger partial charge on any atom is -0.275 e. The van der Waals surface area contributed by atoms with Crippen molar-refractivity contribution < 1.29 is 8.39 Å². The van der Waals surface area contributed by atoms with Crippen molar-refractivity contribution >= 4 is 11.3 Å². The third-order valence-electron chi connectivity index (χ3n) is 1.35. The molecule has 1 rings (SSSR count). The van der Waals surface area contributed by atoms with E-state index in [9.17, 15) is 4.21 Å². The number of hydrogen-bond acceptors (Lipinski definition) is 2. The first-order chi connectivity index (χ1) is 4.20. The van der Waals surface area contributed by atoms with Gasteiger partial charge in [-0.25, -0.2) is 8.51 Å². The lowest BCUT2D eigenvalue weighted by Crippen LogP contribution is -2.34. The van der Waals surface area contributed by atoms with Crippen LogP contribution in [-0.2, 0) is 15.4 Å². The normalized spacial score (nSPS) is 38.9. The smallest absolute Gasteiger partial charge is 0.237 e. The minimum absolute atomic E-state index is 0.155. The SMILES string of the molecule is C[C@@H]1CCN(C)S(=O)O1. The maximum absolute atomic E-state index is 10.8. The fourth-order valence-corrected chi connectivity index (χ4v) is 1.48. The molecule has 1 saturated heterocycles. The molecule has 0 radical (unpaired) electrons. The van der Waals surface area contributed by atoms with E-state index in [1.165, 1.54) is 0 Å². The standard InChI is InChI=1S/C5H11NO2S/c1-5-3-4-6(2)9(7)8-5/h5H,3-4H2,1-2H3/t5-,9?/m1/s1. The molecule has 2 atom stereocenters. The highest BCUT2D eigenvalue weighted by atomic mass is 32.2. The van der Waals surface area contributed by atoms with Gasteiger partial charge in [0.05, 0.1) is 6.10 Å². The van der Waals surface area contributed by atoms with Crippen LogP contribution in [0.3, 0.4) is 0 Å². The van der Waals surface area contributed by atoms with Gasteiger partial charge in [0, 0.05) is 13.6 Å². The van der Waals surface area contributed by atoms with Crippen molar-refractivity contribution in [2.24, 2.45) is 0 Å². The van der Waals surface area contributed by atoms with Crippen LogP contribution in [0.1, 0.15) is 13.3 Å². The fourth-order valence-electron chi connectivity index (χ4n) is 0.700. The van der Waals surface area contributed by atoms with Gasteiger partial charge in [0.1, 0.15) is 0 Å². The summed E-state index contributed by atoms with van der Waals surface area (Å²) in [6, 6.07) is 0. The van der Waals surface area contributed by atoms with E-state index in [0.29, 0.717) is 0 Å². The summed E-state index contributed by atoms with van der Waals surface area (Å²) in [4.78, 5) is 0. The lowest BCUT2D eigenvalue weighted by molar-refractivity contribution is 0.179.